The molecule has 0 aromatic carbocycles. The Morgan fingerprint density at radius 3 is 2.47 bits per heavy atom. The lowest BCUT2D eigenvalue weighted by Crippen LogP contribution is -2.50. The highest BCUT2D eigenvalue weighted by atomic mass is 32.2. The summed E-state index contributed by atoms with van der Waals surface area (Å²) in [6.07, 6.45) is 3.66. The van der Waals surface area contributed by atoms with E-state index in [1.54, 1.807) is 0 Å². The molecular formula is C11H17N3O2S. The molecule has 0 bridgehead atoms. The molecular weight excluding hydrogens is 238 g/mol. The number of hydrogen-bond acceptors (Lipinski definition) is 4. The maximum atomic E-state index is 12.4. The first kappa shape index (κ1) is 12.5. The first-order valence-electron chi connectivity index (χ1n) is 5.55. The molecule has 2 N–H and O–H groups in total. The lowest BCUT2D eigenvalue weighted by Gasteiger charge is -2.33. The van der Waals surface area contributed by atoms with Crippen LogP contribution in [0, 0.1) is 0 Å². The Labute approximate surface area is 102 Å². The molecule has 0 aliphatic carbocycles. The largest absolute Gasteiger partial charge is 0.326 e. The van der Waals surface area contributed by atoms with Crippen molar-refractivity contribution in [2.24, 2.45) is 5.73 Å². The Hall–Kier alpha value is -0.980. The number of sulfonamides is 1. The molecule has 6 heteroatoms. The molecule has 1 fully saturated rings. The van der Waals surface area contributed by atoms with Crippen molar-refractivity contribution in [2.45, 2.75) is 36.7 Å². The third-order valence-electron chi connectivity index (χ3n) is 3.43. The van der Waals surface area contributed by atoms with E-state index in [4.69, 9.17) is 5.73 Å². The number of aromatic nitrogens is 1. The van der Waals surface area contributed by atoms with Crippen molar-refractivity contribution < 1.29 is 8.42 Å². The van der Waals surface area contributed by atoms with Gasteiger partial charge in [0.2, 0.25) is 10.0 Å². The molecule has 0 spiro atoms. The van der Waals surface area contributed by atoms with Crippen LogP contribution in [0.5, 0.6) is 0 Å². The van der Waals surface area contributed by atoms with E-state index in [1.165, 1.54) is 28.8 Å². The Bertz CT molecular complexity index is 499. The van der Waals surface area contributed by atoms with Crippen LogP contribution >= 0.6 is 0 Å². The van der Waals surface area contributed by atoms with Crippen molar-refractivity contribution in [1.29, 1.82) is 0 Å². The third kappa shape index (κ3) is 1.96. The maximum Gasteiger partial charge on any atom is 0.243 e. The van der Waals surface area contributed by atoms with Gasteiger partial charge < -0.3 is 5.73 Å². The zero-order valence-corrected chi connectivity index (χ0v) is 10.8. The molecule has 1 aromatic rings. The van der Waals surface area contributed by atoms with Gasteiger partial charge in [0.15, 0.2) is 0 Å². The summed E-state index contributed by atoms with van der Waals surface area (Å²) in [6, 6.07) is 2.89. The number of nitrogens with two attached hydrogens (primary N) is 1. The highest BCUT2D eigenvalue weighted by molar-refractivity contribution is 7.89. The van der Waals surface area contributed by atoms with Gasteiger partial charge in [-0.1, -0.05) is 0 Å². The Morgan fingerprint density at radius 2 is 2.00 bits per heavy atom. The van der Waals surface area contributed by atoms with E-state index in [0.717, 1.165) is 0 Å². The molecule has 1 saturated heterocycles. The smallest absolute Gasteiger partial charge is 0.243 e. The molecule has 1 aliphatic heterocycles. The van der Waals surface area contributed by atoms with Gasteiger partial charge in [0.25, 0.3) is 0 Å². The van der Waals surface area contributed by atoms with Crippen LogP contribution in [0.2, 0.25) is 0 Å². The van der Waals surface area contributed by atoms with Crippen LogP contribution in [0.4, 0.5) is 0 Å². The Morgan fingerprint density at radius 1 is 1.41 bits per heavy atom. The van der Waals surface area contributed by atoms with Crippen LogP contribution in [0.1, 0.15) is 20.3 Å². The van der Waals surface area contributed by atoms with Crippen LogP contribution in [0.15, 0.2) is 29.4 Å². The summed E-state index contributed by atoms with van der Waals surface area (Å²) in [4.78, 5) is 4.10. The normalized spacial score (nSPS) is 25.0. The zero-order valence-electron chi connectivity index (χ0n) is 10.00. The molecule has 17 heavy (non-hydrogen) atoms. The standard InChI is InChI=1S/C11H17N3O2S/c1-11(2)10(12)5-8-14(11)17(15,16)9-3-6-13-7-4-9/h3-4,6-7,10H,5,8,12H2,1-2H3. The van der Waals surface area contributed by atoms with Crippen LogP contribution in [-0.4, -0.2) is 35.8 Å². The van der Waals surface area contributed by atoms with E-state index in [9.17, 15) is 8.42 Å². The van der Waals surface area contributed by atoms with Crippen molar-refractivity contribution in [3.05, 3.63) is 24.5 Å². The van der Waals surface area contributed by atoms with E-state index in [0.29, 0.717) is 13.0 Å². The summed E-state index contributed by atoms with van der Waals surface area (Å²) < 4.78 is 26.4. The van der Waals surface area contributed by atoms with Gasteiger partial charge in [-0.05, 0) is 32.4 Å². The number of hydrogen-bond donors (Lipinski definition) is 1. The summed E-state index contributed by atoms with van der Waals surface area (Å²) in [7, 11) is -3.47. The molecule has 1 aromatic heterocycles. The van der Waals surface area contributed by atoms with Crippen molar-refractivity contribution in [1.82, 2.24) is 9.29 Å². The summed E-state index contributed by atoms with van der Waals surface area (Å²) >= 11 is 0. The van der Waals surface area contributed by atoms with Gasteiger partial charge in [0.1, 0.15) is 0 Å². The van der Waals surface area contributed by atoms with E-state index in [-0.39, 0.29) is 10.9 Å². The van der Waals surface area contributed by atoms with E-state index < -0.39 is 15.6 Å². The van der Waals surface area contributed by atoms with Gasteiger partial charge in [-0.25, -0.2) is 8.42 Å². The molecule has 0 amide bonds. The lowest BCUT2D eigenvalue weighted by molar-refractivity contribution is 0.270. The summed E-state index contributed by atoms with van der Waals surface area (Å²) in [5.74, 6) is 0. The Balaban J connectivity index is 2.42. The maximum absolute atomic E-state index is 12.4. The highest BCUT2D eigenvalue weighted by Crippen LogP contribution is 2.32. The highest BCUT2D eigenvalue weighted by Gasteiger charge is 2.45. The number of pyridine rings is 1. The summed E-state index contributed by atoms with van der Waals surface area (Å²) in [5, 5.41) is 0. The summed E-state index contributed by atoms with van der Waals surface area (Å²) in [5.41, 5.74) is 5.42. The Kier molecular flexibility index (Phi) is 2.97. The van der Waals surface area contributed by atoms with Crippen molar-refractivity contribution in [3.63, 3.8) is 0 Å². The van der Waals surface area contributed by atoms with E-state index >= 15 is 0 Å². The van der Waals surface area contributed by atoms with Crippen molar-refractivity contribution in [2.75, 3.05) is 6.54 Å². The van der Waals surface area contributed by atoms with Gasteiger partial charge >= 0.3 is 0 Å². The van der Waals surface area contributed by atoms with Gasteiger partial charge in [-0.3, -0.25) is 4.98 Å². The molecule has 94 valence electrons. The molecule has 1 aliphatic rings. The third-order valence-corrected chi connectivity index (χ3v) is 5.53. The van der Waals surface area contributed by atoms with Crippen LogP contribution in [-0.2, 0) is 10.0 Å². The quantitative estimate of drug-likeness (QED) is 0.838. The molecule has 0 saturated carbocycles. The molecule has 2 heterocycles. The second-order valence-electron chi connectivity index (χ2n) is 4.81. The van der Waals surface area contributed by atoms with Crippen molar-refractivity contribution >= 4 is 10.0 Å². The minimum Gasteiger partial charge on any atom is -0.326 e. The average molecular weight is 255 g/mol. The fraction of sp³-hybridized carbons (Fsp3) is 0.545. The summed E-state index contributed by atoms with van der Waals surface area (Å²) in [6.45, 7) is 4.20. The minimum absolute atomic E-state index is 0.126. The molecule has 1 atom stereocenters. The first-order valence-corrected chi connectivity index (χ1v) is 6.99. The minimum atomic E-state index is -3.47. The monoisotopic (exact) mass is 255 g/mol. The molecule has 5 nitrogen and oxygen atoms in total. The molecule has 1 unspecified atom stereocenters. The predicted octanol–water partition coefficient (Wildman–Crippen LogP) is 0.582. The van der Waals surface area contributed by atoms with Crippen LogP contribution in [0.3, 0.4) is 0 Å². The van der Waals surface area contributed by atoms with Gasteiger partial charge in [-0.15, -0.1) is 0 Å². The molecule has 0 radical (unpaired) electrons. The number of rotatable bonds is 2. The fourth-order valence-corrected chi connectivity index (χ4v) is 3.97. The topological polar surface area (TPSA) is 76.3 Å². The second kappa shape index (κ2) is 4.04. The number of nitrogens with zero attached hydrogens (tertiary/aromatic N) is 2. The van der Waals surface area contributed by atoms with Crippen LogP contribution < -0.4 is 5.73 Å². The lowest BCUT2D eigenvalue weighted by atomic mass is 9.98. The first-order chi connectivity index (χ1) is 7.87. The van der Waals surface area contributed by atoms with E-state index in [2.05, 4.69) is 4.98 Å². The van der Waals surface area contributed by atoms with Crippen LogP contribution in [0.25, 0.3) is 0 Å². The zero-order chi connectivity index (χ0) is 12.7. The van der Waals surface area contributed by atoms with Crippen molar-refractivity contribution in [3.8, 4) is 0 Å². The SMILES string of the molecule is CC1(C)C(N)CCN1S(=O)(=O)c1ccncc1. The van der Waals surface area contributed by atoms with Gasteiger partial charge in [0.05, 0.1) is 4.90 Å². The van der Waals surface area contributed by atoms with E-state index in [1.807, 2.05) is 13.8 Å². The average Bonchev–Trinajstić information content (AvgIpc) is 2.55. The molecule has 2 rings (SSSR count). The predicted molar refractivity (Wildman–Crippen MR) is 64.8 cm³/mol. The van der Waals surface area contributed by atoms with Gasteiger partial charge in [-0.2, -0.15) is 4.31 Å². The fourth-order valence-electron chi connectivity index (χ4n) is 2.15. The van der Waals surface area contributed by atoms with Gasteiger partial charge in [0, 0.05) is 30.5 Å². The second-order valence-corrected chi connectivity index (χ2v) is 6.67.